The molecule has 0 bridgehead atoms. The van der Waals surface area contributed by atoms with Crippen molar-refractivity contribution in [1.82, 2.24) is 14.5 Å². The summed E-state index contributed by atoms with van der Waals surface area (Å²) in [6.45, 7) is -0.401. The van der Waals surface area contributed by atoms with Crippen LogP contribution in [0, 0.1) is 0 Å². The number of aliphatic hydroxyl groups is 1. The van der Waals surface area contributed by atoms with E-state index in [1.807, 2.05) is 0 Å². The Morgan fingerprint density at radius 2 is 2.10 bits per heavy atom. The number of nitrogens with one attached hydrogen (secondary N) is 1. The molecule has 2 unspecified atom stereocenters. The van der Waals surface area contributed by atoms with E-state index in [0.717, 1.165) is 30.1 Å². The van der Waals surface area contributed by atoms with Crippen molar-refractivity contribution < 1.29 is 23.4 Å². The smallest absolute Gasteiger partial charge is 0.325 e. The van der Waals surface area contributed by atoms with E-state index in [0.29, 0.717) is 12.8 Å². The molecule has 2 atom stereocenters. The van der Waals surface area contributed by atoms with Crippen LogP contribution in [-0.2, 0) is 21.4 Å². The summed E-state index contributed by atoms with van der Waals surface area (Å²) >= 11 is 0. The Kier molecular flexibility index (Phi) is 4.96. The topological polar surface area (TPSA) is 122 Å². The monoisotopic (exact) mass is 317 g/mol. The van der Waals surface area contributed by atoms with Crippen LogP contribution in [0.3, 0.4) is 0 Å². The lowest BCUT2D eigenvalue weighted by atomic mass is 10.1. The molecular formula is C12H19N3O5S. The lowest BCUT2D eigenvalue weighted by molar-refractivity contribution is -0.137. The molecule has 0 aliphatic heterocycles. The summed E-state index contributed by atoms with van der Waals surface area (Å²) in [5.41, 5.74) is 0. The lowest BCUT2D eigenvalue weighted by Crippen LogP contribution is -2.42. The molecule has 1 saturated carbocycles. The van der Waals surface area contributed by atoms with Crippen molar-refractivity contribution in [2.45, 2.75) is 55.7 Å². The molecule has 2 rings (SSSR count). The van der Waals surface area contributed by atoms with E-state index in [9.17, 15) is 18.3 Å². The third-order valence-corrected chi connectivity index (χ3v) is 4.95. The second kappa shape index (κ2) is 6.54. The highest BCUT2D eigenvalue weighted by Crippen LogP contribution is 2.20. The third-order valence-electron chi connectivity index (χ3n) is 3.50. The Bertz CT molecular complexity index is 598. The van der Waals surface area contributed by atoms with Gasteiger partial charge in [0.25, 0.3) is 0 Å². The average Bonchev–Trinajstić information content (AvgIpc) is 2.76. The molecule has 0 radical (unpaired) electrons. The molecule has 1 aliphatic rings. The fraction of sp³-hybridized carbons (Fsp3) is 0.667. The van der Waals surface area contributed by atoms with Crippen molar-refractivity contribution in [3.63, 3.8) is 0 Å². The summed E-state index contributed by atoms with van der Waals surface area (Å²) in [6, 6.07) is -0.514. The molecule has 9 heteroatoms. The zero-order valence-corrected chi connectivity index (χ0v) is 12.3. The van der Waals surface area contributed by atoms with Crippen LogP contribution in [0.5, 0.6) is 0 Å². The third kappa shape index (κ3) is 4.26. The number of carbonyl (C=O) groups is 1. The van der Waals surface area contributed by atoms with Gasteiger partial charge in [-0.3, -0.25) is 9.48 Å². The summed E-state index contributed by atoms with van der Waals surface area (Å²) in [7, 11) is -3.81. The summed E-state index contributed by atoms with van der Waals surface area (Å²) < 4.78 is 28.0. The van der Waals surface area contributed by atoms with Gasteiger partial charge >= 0.3 is 5.97 Å². The second-order valence-electron chi connectivity index (χ2n) is 5.20. The van der Waals surface area contributed by atoms with E-state index in [2.05, 4.69) is 9.82 Å². The SMILES string of the molecule is O=C(O)Cn1cc(S(=O)(=O)NC2CCCCCC2O)cn1. The standard InChI is InChI=1S/C12H19N3O5S/c16-11-5-3-1-2-4-10(11)14-21(19,20)9-6-13-15(7-9)8-12(17)18/h6-7,10-11,14,16H,1-5,8H2,(H,17,18). The summed E-state index contributed by atoms with van der Waals surface area (Å²) in [5, 5.41) is 22.3. The minimum absolute atomic E-state index is 0.0970. The number of aliphatic carboxylic acids is 1. The predicted molar refractivity (Wildman–Crippen MR) is 73.1 cm³/mol. The molecule has 0 amide bonds. The van der Waals surface area contributed by atoms with Gasteiger partial charge in [-0.05, 0) is 12.8 Å². The van der Waals surface area contributed by atoms with Gasteiger partial charge in [-0.2, -0.15) is 5.10 Å². The molecule has 21 heavy (non-hydrogen) atoms. The zero-order valence-electron chi connectivity index (χ0n) is 11.5. The molecule has 3 N–H and O–H groups in total. The van der Waals surface area contributed by atoms with Crippen LogP contribution in [0.4, 0.5) is 0 Å². The lowest BCUT2D eigenvalue weighted by Gasteiger charge is -2.21. The number of aliphatic hydroxyl groups excluding tert-OH is 1. The molecular weight excluding hydrogens is 298 g/mol. The molecule has 1 fully saturated rings. The highest BCUT2D eigenvalue weighted by molar-refractivity contribution is 7.89. The van der Waals surface area contributed by atoms with Crippen molar-refractivity contribution in [2.75, 3.05) is 0 Å². The first-order chi connectivity index (χ1) is 9.88. The van der Waals surface area contributed by atoms with Crippen LogP contribution in [-0.4, -0.2) is 46.5 Å². The highest BCUT2D eigenvalue weighted by atomic mass is 32.2. The number of carboxylic acids is 1. The van der Waals surface area contributed by atoms with Crippen molar-refractivity contribution in [2.24, 2.45) is 0 Å². The van der Waals surface area contributed by atoms with E-state index >= 15 is 0 Å². The van der Waals surface area contributed by atoms with Gasteiger partial charge in [0, 0.05) is 12.2 Å². The number of aromatic nitrogens is 2. The maximum Gasteiger partial charge on any atom is 0.325 e. The number of rotatable bonds is 5. The van der Waals surface area contributed by atoms with E-state index in [1.54, 1.807) is 0 Å². The van der Waals surface area contributed by atoms with Crippen LogP contribution in [0.25, 0.3) is 0 Å². The van der Waals surface area contributed by atoms with Crippen LogP contribution < -0.4 is 4.72 Å². The van der Waals surface area contributed by atoms with Gasteiger partial charge in [0.15, 0.2) is 0 Å². The van der Waals surface area contributed by atoms with E-state index in [4.69, 9.17) is 5.11 Å². The minimum Gasteiger partial charge on any atom is -0.480 e. The first-order valence-electron chi connectivity index (χ1n) is 6.83. The molecule has 1 heterocycles. The Morgan fingerprint density at radius 1 is 1.38 bits per heavy atom. The maximum absolute atomic E-state index is 12.2. The van der Waals surface area contributed by atoms with Crippen molar-refractivity contribution in [1.29, 1.82) is 0 Å². The summed E-state index contributed by atoms with van der Waals surface area (Å²) in [5.74, 6) is -1.10. The van der Waals surface area contributed by atoms with Gasteiger partial charge in [-0.1, -0.05) is 19.3 Å². The molecule has 1 aliphatic carbocycles. The zero-order chi connectivity index (χ0) is 15.5. The molecule has 8 nitrogen and oxygen atoms in total. The average molecular weight is 317 g/mol. The molecule has 0 aromatic carbocycles. The number of nitrogens with zero attached hydrogens (tertiary/aromatic N) is 2. The maximum atomic E-state index is 12.2. The van der Waals surface area contributed by atoms with Gasteiger partial charge in [0.1, 0.15) is 11.4 Å². The first kappa shape index (κ1) is 15.9. The van der Waals surface area contributed by atoms with Crippen LogP contribution in [0.15, 0.2) is 17.3 Å². The van der Waals surface area contributed by atoms with Gasteiger partial charge in [0.05, 0.1) is 12.3 Å². The van der Waals surface area contributed by atoms with E-state index < -0.39 is 34.7 Å². The summed E-state index contributed by atoms with van der Waals surface area (Å²) in [4.78, 5) is 10.5. The predicted octanol–water partition coefficient (Wildman–Crippen LogP) is -0.0604. The van der Waals surface area contributed by atoms with Crippen molar-refractivity contribution in [3.8, 4) is 0 Å². The highest BCUT2D eigenvalue weighted by Gasteiger charge is 2.27. The molecule has 1 aromatic rings. The Morgan fingerprint density at radius 3 is 2.81 bits per heavy atom. The number of hydrogen-bond donors (Lipinski definition) is 3. The van der Waals surface area contributed by atoms with E-state index in [-0.39, 0.29) is 4.90 Å². The normalized spacial score (nSPS) is 23.7. The fourth-order valence-corrected chi connectivity index (χ4v) is 3.66. The number of hydrogen-bond acceptors (Lipinski definition) is 5. The van der Waals surface area contributed by atoms with Gasteiger partial charge in [0.2, 0.25) is 10.0 Å². The van der Waals surface area contributed by atoms with Gasteiger partial charge in [-0.15, -0.1) is 0 Å². The van der Waals surface area contributed by atoms with Crippen molar-refractivity contribution in [3.05, 3.63) is 12.4 Å². The largest absolute Gasteiger partial charge is 0.480 e. The molecule has 0 saturated heterocycles. The fourth-order valence-electron chi connectivity index (χ4n) is 2.40. The second-order valence-corrected chi connectivity index (χ2v) is 6.91. The van der Waals surface area contributed by atoms with Crippen LogP contribution in [0.2, 0.25) is 0 Å². The Labute approximate surface area is 122 Å². The molecule has 0 spiro atoms. The first-order valence-corrected chi connectivity index (χ1v) is 8.31. The molecule has 1 aromatic heterocycles. The Hall–Kier alpha value is -1.45. The quantitative estimate of drug-likeness (QED) is 0.654. The van der Waals surface area contributed by atoms with Crippen LogP contribution >= 0.6 is 0 Å². The van der Waals surface area contributed by atoms with E-state index in [1.165, 1.54) is 6.20 Å². The van der Waals surface area contributed by atoms with Gasteiger partial charge in [-0.25, -0.2) is 13.1 Å². The number of sulfonamides is 1. The Balaban J connectivity index is 2.10. The van der Waals surface area contributed by atoms with Gasteiger partial charge < -0.3 is 10.2 Å². The molecule has 118 valence electrons. The minimum atomic E-state index is -3.81. The summed E-state index contributed by atoms with van der Waals surface area (Å²) in [6.07, 6.45) is 5.46. The van der Waals surface area contributed by atoms with Crippen LogP contribution in [0.1, 0.15) is 32.1 Å². The number of carboxylic acid groups (broad SMARTS) is 1. The van der Waals surface area contributed by atoms with Crippen molar-refractivity contribution >= 4 is 16.0 Å².